The number of thiocarbonyl (C=S) groups is 1. The quantitative estimate of drug-likeness (QED) is 0.261. The molecular formula is C27H24N4O6S2. The number of hydrogen-bond acceptors (Lipinski definition) is 7. The maximum absolute atomic E-state index is 11.8. The second-order valence-corrected chi connectivity index (χ2v) is 11.0. The van der Waals surface area contributed by atoms with E-state index >= 15 is 0 Å². The highest BCUT2D eigenvalue weighted by Gasteiger charge is 2.42. The van der Waals surface area contributed by atoms with Gasteiger partial charge in [-0.05, 0) is 60.7 Å². The van der Waals surface area contributed by atoms with E-state index < -0.39 is 22.0 Å². The maximum atomic E-state index is 11.8. The van der Waals surface area contributed by atoms with Crippen molar-refractivity contribution in [1.29, 1.82) is 0 Å². The first-order chi connectivity index (χ1) is 18.6. The Bertz CT molecular complexity index is 1640. The third-order valence-electron chi connectivity index (χ3n) is 6.19. The normalized spacial score (nSPS) is 17.1. The first kappa shape index (κ1) is 26.2. The van der Waals surface area contributed by atoms with E-state index in [0.717, 1.165) is 17.5 Å². The minimum Gasteiger partial charge on any atom is -0.494 e. The molecule has 0 bridgehead atoms. The van der Waals surface area contributed by atoms with Gasteiger partial charge in [0.25, 0.3) is 0 Å². The highest BCUT2D eigenvalue weighted by molar-refractivity contribution is 7.92. The Morgan fingerprint density at radius 3 is 2.54 bits per heavy atom. The zero-order chi connectivity index (χ0) is 27.7. The summed E-state index contributed by atoms with van der Waals surface area (Å²) < 4.78 is 37.9. The smallest absolute Gasteiger partial charge is 0.335 e. The molecule has 4 aromatic rings. The largest absolute Gasteiger partial charge is 0.494 e. The van der Waals surface area contributed by atoms with E-state index in [0.29, 0.717) is 33.8 Å². The maximum Gasteiger partial charge on any atom is 0.335 e. The Morgan fingerprint density at radius 2 is 1.90 bits per heavy atom. The predicted molar refractivity (Wildman–Crippen MR) is 150 cm³/mol. The van der Waals surface area contributed by atoms with Crippen LogP contribution in [-0.2, 0) is 10.0 Å². The van der Waals surface area contributed by atoms with Gasteiger partial charge in [-0.1, -0.05) is 18.2 Å². The summed E-state index contributed by atoms with van der Waals surface area (Å²) in [6, 6.07) is 19.9. The summed E-state index contributed by atoms with van der Waals surface area (Å²) in [7, 11) is -2.07. The lowest BCUT2D eigenvalue weighted by Gasteiger charge is -2.26. The number of rotatable bonds is 8. The van der Waals surface area contributed by atoms with Crippen molar-refractivity contribution in [3.8, 4) is 17.1 Å². The number of carboxylic acids is 1. The van der Waals surface area contributed by atoms with Crippen molar-refractivity contribution in [3.63, 3.8) is 0 Å². The van der Waals surface area contributed by atoms with Crippen LogP contribution in [0.4, 0.5) is 11.4 Å². The van der Waals surface area contributed by atoms with Gasteiger partial charge in [-0.2, -0.15) is 0 Å². The van der Waals surface area contributed by atoms with Crippen LogP contribution in [0.5, 0.6) is 5.75 Å². The monoisotopic (exact) mass is 564 g/mol. The number of carbonyl (C=O) groups is 1. The number of ether oxygens (including phenoxy) is 1. The van der Waals surface area contributed by atoms with E-state index in [1.807, 2.05) is 35.2 Å². The number of aromatic nitrogens is 1. The molecule has 0 saturated carbocycles. The topological polar surface area (TPSA) is 134 Å². The van der Waals surface area contributed by atoms with Gasteiger partial charge >= 0.3 is 5.97 Å². The molecule has 1 fully saturated rings. The second kappa shape index (κ2) is 10.4. The molecule has 0 radical (unpaired) electrons. The first-order valence-corrected chi connectivity index (χ1v) is 14.0. The third kappa shape index (κ3) is 5.42. The molecule has 5 rings (SSSR count). The Kier molecular flexibility index (Phi) is 6.98. The molecule has 3 N–H and O–H groups in total. The lowest BCUT2D eigenvalue weighted by atomic mass is 10.0. The minimum absolute atomic E-state index is 0.181. The van der Waals surface area contributed by atoms with Crippen LogP contribution in [0.3, 0.4) is 0 Å². The van der Waals surface area contributed by atoms with Crippen molar-refractivity contribution in [2.45, 2.75) is 12.1 Å². The van der Waals surface area contributed by atoms with Gasteiger partial charge in [0.1, 0.15) is 23.3 Å². The molecule has 0 spiro atoms. The molecule has 39 heavy (non-hydrogen) atoms. The summed E-state index contributed by atoms with van der Waals surface area (Å²) in [4.78, 5) is 17.6. The van der Waals surface area contributed by atoms with Crippen molar-refractivity contribution in [1.82, 2.24) is 10.3 Å². The second-order valence-electron chi connectivity index (χ2n) is 8.84. The number of aromatic carboxylic acids is 1. The molecule has 1 saturated heterocycles. The number of nitrogens with one attached hydrogen (secondary N) is 2. The molecule has 1 aliphatic rings. The summed E-state index contributed by atoms with van der Waals surface area (Å²) >= 11 is 5.75. The van der Waals surface area contributed by atoms with E-state index in [9.17, 15) is 18.3 Å². The van der Waals surface area contributed by atoms with E-state index in [4.69, 9.17) is 21.4 Å². The van der Waals surface area contributed by atoms with Gasteiger partial charge in [0.15, 0.2) is 5.11 Å². The number of nitrogens with zero attached hydrogens (tertiary/aromatic N) is 2. The van der Waals surface area contributed by atoms with Crippen LogP contribution in [0.25, 0.3) is 11.3 Å². The average molecular weight is 565 g/mol. The zero-order valence-electron chi connectivity index (χ0n) is 20.9. The number of anilines is 2. The molecule has 0 amide bonds. The summed E-state index contributed by atoms with van der Waals surface area (Å²) in [5.41, 5.74) is 2.59. The number of furan rings is 1. The fraction of sp³-hybridized carbons (Fsp3) is 0.148. The van der Waals surface area contributed by atoms with Crippen molar-refractivity contribution < 1.29 is 27.5 Å². The van der Waals surface area contributed by atoms with Crippen LogP contribution in [0.15, 0.2) is 83.4 Å². The molecule has 1 aliphatic heterocycles. The van der Waals surface area contributed by atoms with Gasteiger partial charge in [-0.15, -0.1) is 0 Å². The molecule has 0 aliphatic carbocycles. The SMILES string of the molecule is COc1cc(N2C(=S)N[C@@H](c3ccccn3)[C@@H]2c2ccc(-c3ccc(C(=O)O)cc3)o2)ccc1NS(C)(=O)=O. The van der Waals surface area contributed by atoms with Crippen molar-refractivity contribution >= 4 is 44.7 Å². The van der Waals surface area contributed by atoms with Crippen LogP contribution >= 0.6 is 12.2 Å². The standard InChI is InChI=1S/C27H24N4O6S2/c1-36-23-15-18(10-11-19(23)30-39(2,34)35)31-25(24(29-27(31)38)20-5-3-4-14-28-20)22-13-12-21(37-22)16-6-8-17(9-7-16)26(32)33/h3-15,24-25,30H,1-2H3,(H,29,38)(H,32,33)/t24-,25-/m0/s1. The Morgan fingerprint density at radius 1 is 1.13 bits per heavy atom. The highest BCUT2D eigenvalue weighted by atomic mass is 32.2. The lowest BCUT2D eigenvalue weighted by molar-refractivity contribution is 0.0697. The van der Waals surface area contributed by atoms with Gasteiger partial charge in [-0.25, -0.2) is 13.2 Å². The summed E-state index contributed by atoms with van der Waals surface area (Å²) in [5.74, 6) is 0.464. The predicted octanol–water partition coefficient (Wildman–Crippen LogP) is 4.60. The van der Waals surface area contributed by atoms with Gasteiger partial charge < -0.3 is 24.5 Å². The molecule has 2 aromatic carbocycles. The molecule has 3 heterocycles. The van der Waals surface area contributed by atoms with E-state index in [-0.39, 0.29) is 11.6 Å². The molecule has 0 unspecified atom stereocenters. The van der Waals surface area contributed by atoms with Crippen LogP contribution in [0, 0.1) is 0 Å². The van der Waals surface area contributed by atoms with E-state index in [1.54, 1.807) is 36.5 Å². The fourth-order valence-electron chi connectivity index (χ4n) is 4.48. The third-order valence-corrected chi connectivity index (χ3v) is 7.10. The number of carboxylic acid groups (broad SMARTS) is 1. The van der Waals surface area contributed by atoms with Gasteiger partial charge in [0, 0.05) is 23.5 Å². The number of hydrogen-bond donors (Lipinski definition) is 3. The minimum atomic E-state index is -3.52. The molecule has 200 valence electrons. The molecule has 10 nitrogen and oxygen atoms in total. The van der Waals surface area contributed by atoms with Crippen molar-refractivity contribution in [2.24, 2.45) is 0 Å². The summed E-state index contributed by atoms with van der Waals surface area (Å²) in [5, 5.41) is 13.0. The lowest BCUT2D eigenvalue weighted by Crippen LogP contribution is -2.29. The molecular weight excluding hydrogens is 540 g/mol. The zero-order valence-corrected chi connectivity index (χ0v) is 22.5. The molecule has 2 aromatic heterocycles. The Labute approximate surface area is 230 Å². The summed E-state index contributed by atoms with van der Waals surface area (Å²) in [6.45, 7) is 0. The fourth-order valence-corrected chi connectivity index (χ4v) is 5.39. The van der Waals surface area contributed by atoms with Crippen molar-refractivity contribution in [3.05, 3.63) is 96.0 Å². The Balaban J connectivity index is 1.57. The summed E-state index contributed by atoms with van der Waals surface area (Å²) in [6.07, 6.45) is 2.77. The van der Waals surface area contributed by atoms with Crippen LogP contribution in [0.2, 0.25) is 0 Å². The number of sulfonamides is 1. The number of methoxy groups -OCH3 is 1. The molecule has 12 heteroatoms. The number of benzene rings is 2. The van der Waals surface area contributed by atoms with Crippen molar-refractivity contribution in [2.75, 3.05) is 23.0 Å². The Hall–Kier alpha value is -4.42. The van der Waals surface area contributed by atoms with Crippen LogP contribution in [0.1, 0.15) is 33.9 Å². The highest BCUT2D eigenvalue weighted by Crippen LogP contribution is 2.44. The number of pyridine rings is 1. The van der Waals surface area contributed by atoms with Gasteiger partial charge in [0.2, 0.25) is 10.0 Å². The molecule has 2 atom stereocenters. The van der Waals surface area contributed by atoms with Gasteiger partial charge in [-0.3, -0.25) is 9.71 Å². The van der Waals surface area contributed by atoms with Gasteiger partial charge in [0.05, 0.1) is 36.4 Å². The average Bonchev–Trinajstić information content (AvgIpc) is 3.53. The van der Waals surface area contributed by atoms with Crippen LogP contribution in [-0.4, -0.2) is 43.0 Å². The van der Waals surface area contributed by atoms with E-state index in [1.165, 1.54) is 19.2 Å². The van der Waals surface area contributed by atoms with Crippen LogP contribution < -0.4 is 19.7 Å². The van der Waals surface area contributed by atoms with E-state index in [2.05, 4.69) is 15.0 Å². The first-order valence-electron chi connectivity index (χ1n) is 11.7.